The van der Waals surface area contributed by atoms with Gasteiger partial charge in [-0.2, -0.15) is 0 Å². The third kappa shape index (κ3) is 6.64. The summed E-state index contributed by atoms with van der Waals surface area (Å²) in [4.78, 5) is 20.0. The molecule has 2 atom stereocenters. The molecule has 3 N–H and O–H groups in total. The summed E-state index contributed by atoms with van der Waals surface area (Å²) in [7, 11) is 1.61. The molecule has 0 saturated carbocycles. The number of carboxylic acids is 2. The molecule has 0 bridgehead atoms. The molecular formula is C8H15NO4S2. The van der Waals surface area contributed by atoms with Crippen LogP contribution in [0.4, 0.5) is 0 Å². The maximum Gasteiger partial charge on any atom is 0.320 e. The lowest BCUT2D eigenvalue weighted by Gasteiger charge is -1.99. The number of nitrogens with one attached hydrogen (secondary N) is 1. The molecule has 0 spiro atoms. The fourth-order valence-corrected chi connectivity index (χ4v) is 3.20. The number of hydrogen-bond donors (Lipinski definition) is 3. The number of aliphatic carboxylic acids is 2. The van der Waals surface area contributed by atoms with Crippen LogP contribution in [0.3, 0.4) is 0 Å². The van der Waals surface area contributed by atoms with Gasteiger partial charge in [-0.15, -0.1) is 23.5 Å². The van der Waals surface area contributed by atoms with Gasteiger partial charge in [0.25, 0.3) is 0 Å². The first-order valence-corrected chi connectivity index (χ1v) is 6.51. The van der Waals surface area contributed by atoms with Crippen LogP contribution in [-0.4, -0.2) is 51.3 Å². The predicted octanol–water partition coefficient (Wildman–Crippen LogP) is 0.556. The van der Waals surface area contributed by atoms with E-state index in [1.807, 2.05) is 0 Å². The van der Waals surface area contributed by atoms with Gasteiger partial charge in [0.1, 0.15) is 11.3 Å². The molecular weight excluding hydrogens is 238 g/mol. The van der Waals surface area contributed by atoms with Crippen molar-refractivity contribution >= 4 is 35.5 Å². The topological polar surface area (TPSA) is 86.6 Å². The van der Waals surface area contributed by atoms with Crippen molar-refractivity contribution in [2.75, 3.05) is 17.9 Å². The highest BCUT2D eigenvalue weighted by molar-refractivity contribution is 8.19. The van der Waals surface area contributed by atoms with Gasteiger partial charge in [-0.3, -0.25) is 9.59 Å². The zero-order chi connectivity index (χ0) is 11.8. The summed E-state index contributed by atoms with van der Waals surface area (Å²) >= 11 is 3.21. The lowest BCUT2D eigenvalue weighted by Crippen LogP contribution is -2.29. The normalized spacial score (nSPS) is 21.3. The number of hydrogen-bond acceptors (Lipinski definition) is 5. The Morgan fingerprint density at radius 2 is 2.07 bits per heavy atom. The maximum atomic E-state index is 10.2. The van der Waals surface area contributed by atoms with E-state index in [0.717, 1.165) is 10.8 Å². The van der Waals surface area contributed by atoms with E-state index in [-0.39, 0.29) is 5.25 Å². The van der Waals surface area contributed by atoms with E-state index in [1.54, 1.807) is 25.7 Å². The molecule has 1 aliphatic heterocycles. The molecule has 7 heteroatoms. The molecule has 2 unspecified atom stereocenters. The molecule has 1 heterocycles. The fourth-order valence-electron chi connectivity index (χ4n) is 0.600. The Balaban J connectivity index is 0.000000265. The van der Waals surface area contributed by atoms with E-state index in [4.69, 9.17) is 10.2 Å². The Morgan fingerprint density at radius 1 is 1.47 bits per heavy atom. The molecule has 1 saturated heterocycles. The van der Waals surface area contributed by atoms with Crippen LogP contribution in [0.1, 0.15) is 6.92 Å². The average molecular weight is 253 g/mol. The minimum absolute atomic E-state index is 0.139. The molecule has 1 aliphatic rings. The molecule has 0 aromatic rings. The molecule has 88 valence electrons. The van der Waals surface area contributed by atoms with Gasteiger partial charge in [0.15, 0.2) is 0 Å². The van der Waals surface area contributed by atoms with Crippen molar-refractivity contribution in [3.8, 4) is 0 Å². The van der Waals surface area contributed by atoms with Crippen LogP contribution >= 0.6 is 23.5 Å². The summed E-state index contributed by atoms with van der Waals surface area (Å²) in [6, 6.07) is -0.431. The molecule has 1 rings (SSSR count). The molecule has 0 aromatic carbocycles. The van der Waals surface area contributed by atoms with Crippen molar-refractivity contribution < 1.29 is 19.8 Å². The van der Waals surface area contributed by atoms with Crippen LogP contribution in [0.5, 0.6) is 0 Å². The van der Waals surface area contributed by atoms with Gasteiger partial charge in [-0.05, 0) is 14.0 Å². The summed E-state index contributed by atoms with van der Waals surface area (Å²) in [5.41, 5.74) is 0. The van der Waals surface area contributed by atoms with E-state index < -0.39 is 18.0 Å². The number of rotatable bonds is 3. The number of thioether (sulfide) groups is 2. The van der Waals surface area contributed by atoms with Crippen LogP contribution in [0, 0.1) is 0 Å². The molecule has 0 aromatic heterocycles. The van der Waals surface area contributed by atoms with E-state index in [1.165, 1.54) is 11.8 Å². The summed E-state index contributed by atoms with van der Waals surface area (Å²) in [6.07, 6.45) is 0. The first kappa shape index (κ1) is 14.6. The quantitative estimate of drug-likeness (QED) is 0.677. The van der Waals surface area contributed by atoms with Crippen LogP contribution in [0.15, 0.2) is 0 Å². The third-order valence-corrected chi connectivity index (χ3v) is 4.46. The Bertz CT molecular complexity index is 219. The van der Waals surface area contributed by atoms with Crippen LogP contribution in [0.2, 0.25) is 0 Å². The van der Waals surface area contributed by atoms with Gasteiger partial charge < -0.3 is 15.5 Å². The lowest BCUT2D eigenvalue weighted by atomic mass is 10.4. The summed E-state index contributed by atoms with van der Waals surface area (Å²) < 4.78 is 0. The highest BCUT2D eigenvalue weighted by Crippen LogP contribution is 2.28. The highest BCUT2D eigenvalue weighted by Gasteiger charge is 2.22. The maximum absolute atomic E-state index is 10.2. The average Bonchev–Trinajstić information content (AvgIpc) is 2.70. The van der Waals surface area contributed by atoms with Gasteiger partial charge in [-0.1, -0.05) is 0 Å². The standard InChI is InChI=1S/C4H9NO2.C4H6O2S2/c1-3(5-2)4(6)7;5-4(6)3-1-7-2-8-3/h3,5H,1-2H3,(H,6,7);3H,1-2H2,(H,5,6). The van der Waals surface area contributed by atoms with Crippen LogP contribution < -0.4 is 5.32 Å². The van der Waals surface area contributed by atoms with Gasteiger partial charge in [-0.25, -0.2) is 0 Å². The lowest BCUT2D eigenvalue weighted by molar-refractivity contribution is -0.139. The van der Waals surface area contributed by atoms with Crippen LogP contribution in [0.25, 0.3) is 0 Å². The monoisotopic (exact) mass is 253 g/mol. The number of carboxylic acid groups (broad SMARTS) is 2. The molecule has 1 fully saturated rings. The molecule has 0 aliphatic carbocycles. The minimum Gasteiger partial charge on any atom is -0.480 e. The first-order chi connectivity index (χ1) is 6.99. The fraction of sp³-hybridized carbons (Fsp3) is 0.750. The van der Waals surface area contributed by atoms with Gasteiger partial charge in [0, 0.05) is 10.8 Å². The predicted molar refractivity (Wildman–Crippen MR) is 62.5 cm³/mol. The zero-order valence-corrected chi connectivity index (χ0v) is 10.2. The van der Waals surface area contributed by atoms with Crippen molar-refractivity contribution in [2.24, 2.45) is 0 Å². The second-order valence-electron chi connectivity index (χ2n) is 2.83. The summed E-state index contributed by atoms with van der Waals surface area (Å²) in [6.45, 7) is 1.59. The first-order valence-electron chi connectivity index (χ1n) is 4.31. The van der Waals surface area contributed by atoms with E-state index in [2.05, 4.69) is 5.32 Å². The largest absolute Gasteiger partial charge is 0.480 e. The van der Waals surface area contributed by atoms with Gasteiger partial charge in [0.2, 0.25) is 0 Å². The Labute approximate surface area is 97.0 Å². The Kier molecular flexibility index (Phi) is 7.63. The van der Waals surface area contributed by atoms with E-state index in [9.17, 15) is 9.59 Å². The third-order valence-electron chi connectivity index (χ3n) is 1.70. The van der Waals surface area contributed by atoms with Gasteiger partial charge >= 0.3 is 11.9 Å². The zero-order valence-electron chi connectivity index (χ0n) is 8.60. The Morgan fingerprint density at radius 3 is 2.20 bits per heavy atom. The van der Waals surface area contributed by atoms with Crippen molar-refractivity contribution in [2.45, 2.75) is 18.2 Å². The van der Waals surface area contributed by atoms with Crippen LogP contribution in [-0.2, 0) is 9.59 Å². The van der Waals surface area contributed by atoms with Crippen molar-refractivity contribution in [3.05, 3.63) is 0 Å². The van der Waals surface area contributed by atoms with E-state index >= 15 is 0 Å². The smallest absolute Gasteiger partial charge is 0.320 e. The highest BCUT2D eigenvalue weighted by atomic mass is 32.2. The second-order valence-corrected chi connectivity index (χ2v) is 5.42. The molecule has 5 nitrogen and oxygen atoms in total. The van der Waals surface area contributed by atoms with E-state index in [0.29, 0.717) is 0 Å². The molecule has 15 heavy (non-hydrogen) atoms. The summed E-state index contributed by atoms with van der Waals surface area (Å²) in [5.74, 6) is -0.706. The number of likely N-dealkylation sites (N-methyl/N-ethyl adjacent to an activating group) is 1. The molecule has 0 amide bonds. The van der Waals surface area contributed by atoms with Crippen molar-refractivity contribution in [1.29, 1.82) is 0 Å². The SMILES string of the molecule is CNC(C)C(=O)O.O=C(O)C1CSCS1. The minimum atomic E-state index is -0.817. The van der Waals surface area contributed by atoms with Crippen molar-refractivity contribution in [3.63, 3.8) is 0 Å². The van der Waals surface area contributed by atoms with Gasteiger partial charge in [0.05, 0.1) is 0 Å². The number of carbonyl (C=O) groups is 2. The molecule has 0 radical (unpaired) electrons. The van der Waals surface area contributed by atoms with Crippen molar-refractivity contribution in [1.82, 2.24) is 5.32 Å². The second kappa shape index (κ2) is 7.84. The summed E-state index contributed by atoms with van der Waals surface area (Å²) in [5, 5.41) is 19.9. The Hall–Kier alpha value is -0.400.